The first kappa shape index (κ1) is 12.6. The highest BCUT2D eigenvalue weighted by Gasteiger charge is 2.15. The number of rotatable bonds is 3. The number of H-pyrrole nitrogens is 1. The minimum absolute atomic E-state index is 0.175. The molecule has 5 heteroatoms. The van der Waals surface area contributed by atoms with Crippen LogP contribution in [0.5, 0.6) is 0 Å². The van der Waals surface area contributed by atoms with Crippen molar-refractivity contribution in [1.29, 1.82) is 0 Å². The van der Waals surface area contributed by atoms with E-state index in [4.69, 9.17) is 0 Å². The van der Waals surface area contributed by atoms with Gasteiger partial charge < -0.3 is 9.88 Å². The average molecular weight is 262 g/mol. The van der Waals surface area contributed by atoms with Crippen LogP contribution >= 0.6 is 11.3 Å². The van der Waals surface area contributed by atoms with E-state index < -0.39 is 0 Å². The summed E-state index contributed by atoms with van der Waals surface area (Å²) in [5, 5.41) is 2.00. The van der Waals surface area contributed by atoms with E-state index in [1.54, 1.807) is 23.3 Å². The van der Waals surface area contributed by atoms with E-state index in [0.717, 1.165) is 4.88 Å². The number of aromatic nitrogens is 1. The Labute approximate surface area is 109 Å². The number of nitrogens with zero attached hydrogens (tertiary/aromatic N) is 1. The summed E-state index contributed by atoms with van der Waals surface area (Å²) < 4.78 is 0. The van der Waals surface area contributed by atoms with E-state index in [1.165, 1.54) is 24.0 Å². The maximum Gasteiger partial charge on any atom is 0.259 e. The van der Waals surface area contributed by atoms with Crippen LogP contribution in [-0.4, -0.2) is 22.8 Å². The van der Waals surface area contributed by atoms with Crippen LogP contribution in [0, 0.1) is 6.92 Å². The third-order valence-corrected chi connectivity index (χ3v) is 3.76. The zero-order valence-corrected chi connectivity index (χ0v) is 11.1. The van der Waals surface area contributed by atoms with Crippen molar-refractivity contribution in [3.05, 3.63) is 56.1 Å². The molecule has 0 atom stereocenters. The summed E-state index contributed by atoms with van der Waals surface area (Å²) in [4.78, 5) is 29.1. The quantitative estimate of drug-likeness (QED) is 0.920. The van der Waals surface area contributed by atoms with Gasteiger partial charge in [-0.25, -0.2) is 0 Å². The molecule has 0 unspecified atom stereocenters. The Bertz CT molecular complexity index is 615. The van der Waals surface area contributed by atoms with Crippen molar-refractivity contribution in [1.82, 2.24) is 9.88 Å². The molecule has 94 valence electrons. The molecule has 4 nitrogen and oxygen atoms in total. The van der Waals surface area contributed by atoms with E-state index >= 15 is 0 Å². The number of pyridine rings is 1. The predicted molar refractivity (Wildman–Crippen MR) is 71.9 cm³/mol. The molecular formula is C13H14N2O2S. The Morgan fingerprint density at radius 1 is 1.44 bits per heavy atom. The van der Waals surface area contributed by atoms with Crippen molar-refractivity contribution < 1.29 is 4.79 Å². The lowest BCUT2D eigenvalue weighted by atomic mass is 10.2. The molecule has 0 aromatic carbocycles. The van der Waals surface area contributed by atoms with Crippen LogP contribution in [0.15, 0.2) is 34.7 Å². The number of thiophene rings is 1. The van der Waals surface area contributed by atoms with Crippen molar-refractivity contribution in [2.75, 3.05) is 7.05 Å². The number of nitrogens with one attached hydrogen (secondary N) is 1. The van der Waals surface area contributed by atoms with E-state index in [0.29, 0.717) is 6.54 Å². The van der Waals surface area contributed by atoms with Gasteiger partial charge in [-0.05, 0) is 23.9 Å². The van der Waals surface area contributed by atoms with Crippen LogP contribution in [0.1, 0.15) is 20.8 Å². The summed E-state index contributed by atoms with van der Waals surface area (Å²) in [5.41, 5.74) is 1.09. The normalized spacial score (nSPS) is 10.3. The molecule has 0 aliphatic heterocycles. The molecule has 0 spiro atoms. The van der Waals surface area contributed by atoms with Crippen LogP contribution in [0.25, 0.3) is 0 Å². The van der Waals surface area contributed by atoms with Gasteiger partial charge in [-0.2, -0.15) is 0 Å². The third kappa shape index (κ3) is 2.51. The maximum absolute atomic E-state index is 12.1. The molecule has 0 aliphatic rings. The van der Waals surface area contributed by atoms with Gasteiger partial charge in [-0.1, -0.05) is 0 Å². The summed E-state index contributed by atoms with van der Waals surface area (Å²) >= 11 is 1.61. The van der Waals surface area contributed by atoms with Gasteiger partial charge in [0.05, 0.1) is 6.54 Å². The second kappa shape index (κ2) is 5.18. The Balaban J connectivity index is 2.18. The molecule has 2 aromatic heterocycles. The molecule has 0 saturated carbocycles. The van der Waals surface area contributed by atoms with Crippen molar-refractivity contribution in [3.8, 4) is 0 Å². The highest BCUT2D eigenvalue weighted by Crippen LogP contribution is 2.17. The molecule has 1 amide bonds. The molecule has 2 heterocycles. The number of aryl methyl sites for hydroxylation is 1. The lowest BCUT2D eigenvalue weighted by Crippen LogP contribution is -2.30. The van der Waals surface area contributed by atoms with Gasteiger partial charge in [0.25, 0.3) is 5.91 Å². The standard InChI is InChI=1S/C13H14N2O2S/c1-9-4-6-18-12(9)8-15(2)13(17)10-7-14-5-3-11(10)16/h3-7H,8H2,1-2H3,(H,14,16). The number of hydrogen-bond acceptors (Lipinski definition) is 3. The largest absolute Gasteiger partial charge is 0.367 e. The van der Waals surface area contributed by atoms with Crippen molar-refractivity contribution >= 4 is 17.2 Å². The molecular weight excluding hydrogens is 248 g/mol. The smallest absolute Gasteiger partial charge is 0.259 e. The summed E-state index contributed by atoms with van der Waals surface area (Å²) in [6.07, 6.45) is 2.96. The van der Waals surface area contributed by atoms with E-state index in [9.17, 15) is 9.59 Å². The second-order valence-electron chi connectivity index (χ2n) is 4.11. The molecule has 0 saturated heterocycles. The van der Waals surface area contributed by atoms with Crippen molar-refractivity contribution in [2.45, 2.75) is 13.5 Å². The summed E-state index contributed by atoms with van der Waals surface area (Å²) in [6, 6.07) is 3.38. The first-order valence-electron chi connectivity index (χ1n) is 5.55. The van der Waals surface area contributed by atoms with Gasteiger partial charge in [0.15, 0.2) is 5.43 Å². The fourth-order valence-electron chi connectivity index (χ4n) is 1.64. The predicted octanol–water partition coefficient (Wildman–Crippen LogP) is 2.02. The highest BCUT2D eigenvalue weighted by molar-refractivity contribution is 7.10. The minimum Gasteiger partial charge on any atom is -0.367 e. The zero-order chi connectivity index (χ0) is 13.1. The van der Waals surface area contributed by atoms with E-state index in [-0.39, 0.29) is 16.9 Å². The van der Waals surface area contributed by atoms with Gasteiger partial charge in [0.1, 0.15) is 5.56 Å². The van der Waals surface area contributed by atoms with Gasteiger partial charge in [0, 0.05) is 30.4 Å². The van der Waals surface area contributed by atoms with Crippen LogP contribution < -0.4 is 5.43 Å². The first-order valence-corrected chi connectivity index (χ1v) is 6.43. The van der Waals surface area contributed by atoms with Gasteiger partial charge >= 0.3 is 0 Å². The molecule has 0 aliphatic carbocycles. The Morgan fingerprint density at radius 3 is 2.83 bits per heavy atom. The number of amides is 1. The SMILES string of the molecule is Cc1ccsc1CN(C)C(=O)c1c[nH]ccc1=O. The highest BCUT2D eigenvalue weighted by atomic mass is 32.1. The maximum atomic E-state index is 12.1. The van der Waals surface area contributed by atoms with E-state index in [1.807, 2.05) is 18.4 Å². The summed E-state index contributed by atoms with van der Waals surface area (Å²) in [7, 11) is 1.70. The van der Waals surface area contributed by atoms with Crippen LogP contribution in [0.3, 0.4) is 0 Å². The van der Waals surface area contributed by atoms with Gasteiger partial charge in [-0.3, -0.25) is 9.59 Å². The van der Waals surface area contributed by atoms with Gasteiger partial charge in [0.2, 0.25) is 0 Å². The van der Waals surface area contributed by atoms with Crippen LogP contribution in [0.4, 0.5) is 0 Å². The Morgan fingerprint density at radius 2 is 2.22 bits per heavy atom. The van der Waals surface area contributed by atoms with Crippen molar-refractivity contribution in [3.63, 3.8) is 0 Å². The zero-order valence-electron chi connectivity index (χ0n) is 10.3. The van der Waals surface area contributed by atoms with Crippen LogP contribution in [0.2, 0.25) is 0 Å². The fraction of sp³-hybridized carbons (Fsp3) is 0.231. The molecule has 0 bridgehead atoms. The Hall–Kier alpha value is -1.88. The van der Waals surface area contributed by atoms with Crippen molar-refractivity contribution in [2.24, 2.45) is 0 Å². The minimum atomic E-state index is -0.260. The molecule has 0 fully saturated rings. The number of carbonyl (C=O) groups excluding carboxylic acids is 1. The lowest BCUT2D eigenvalue weighted by molar-refractivity contribution is 0.0784. The number of carbonyl (C=O) groups is 1. The molecule has 1 N–H and O–H groups in total. The second-order valence-corrected chi connectivity index (χ2v) is 5.11. The monoisotopic (exact) mass is 262 g/mol. The molecule has 2 rings (SSSR count). The topological polar surface area (TPSA) is 53.2 Å². The molecule has 2 aromatic rings. The number of hydrogen-bond donors (Lipinski definition) is 1. The Kier molecular flexibility index (Phi) is 3.62. The molecule has 18 heavy (non-hydrogen) atoms. The summed E-state index contributed by atoms with van der Waals surface area (Å²) in [5.74, 6) is -0.260. The summed E-state index contributed by atoms with van der Waals surface area (Å²) in [6.45, 7) is 2.54. The third-order valence-electron chi connectivity index (χ3n) is 2.75. The average Bonchev–Trinajstić information content (AvgIpc) is 2.75. The molecule has 0 radical (unpaired) electrons. The fourth-order valence-corrected chi connectivity index (χ4v) is 2.60. The van der Waals surface area contributed by atoms with E-state index in [2.05, 4.69) is 4.98 Å². The number of aromatic amines is 1. The van der Waals surface area contributed by atoms with Crippen LogP contribution in [-0.2, 0) is 6.54 Å². The first-order chi connectivity index (χ1) is 8.59. The van der Waals surface area contributed by atoms with Gasteiger partial charge in [-0.15, -0.1) is 11.3 Å². The lowest BCUT2D eigenvalue weighted by Gasteiger charge is -2.16.